The van der Waals surface area contributed by atoms with Gasteiger partial charge in [0.25, 0.3) is 6.47 Å². The molecule has 1 aliphatic heterocycles. The molecule has 1 aliphatic rings. The quantitative estimate of drug-likeness (QED) is 0.719. The summed E-state index contributed by atoms with van der Waals surface area (Å²) in [6, 6.07) is 0. The van der Waals surface area contributed by atoms with Crippen LogP contribution in [0.1, 0.15) is 47.0 Å². The van der Waals surface area contributed by atoms with Crippen LogP contribution in [0.3, 0.4) is 0 Å². The molecule has 1 N–H and O–H groups in total. The highest BCUT2D eigenvalue weighted by atomic mass is 16.5. The summed E-state index contributed by atoms with van der Waals surface area (Å²) in [5.41, 5.74) is -0.318. The van der Waals surface area contributed by atoms with Crippen LogP contribution < -0.4 is 5.32 Å². The first-order valence-electron chi connectivity index (χ1n) is 5.81. The molecule has 15 heavy (non-hydrogen) atoms. The van der Waals surface area contributed by atoms with E-state index in [0.717, 1.165) is 5.92 Å². The molecule has 1 atom stereocenters. The smallest absolute Gasteiger partial charge is 0.293 e. The molecule has 0 aliphatic carbocycles. The number of carbonyl (C=O) groups excluding carboxylic acids is 1. The first-order chi connectivity index (χ1) is 6.99. The SMILES string of the molecule is CC(C)(C)OC=O.CCC1CCCNC1. The lowest BCUT2D eigenvalue weighted by molar-refractivity contribution is -0.138. The maximum absolute atomic E-state index is 9.60. The maximum Gasteiger partial charge on any atom is 0.293 e. The molecule has 0 bridgehead atoms. The fourth-order valence-corrected chi connectivity index (χ4v) is 1.42. The molecular weight excluding hydrogens is 190 g/mol. The normalized spacial score (nSPS) is 21.2. The summed E-state index contributed by atoms with van der Waals surface area (Å²) >= 11 is 0. The number of carbonyl (C=O) groups is 1. The third-order valence-corrected chi connectivity index (χ3v) is 2.38. The van der Waals surface area contributed by atoms with E-state index < -0.39 is 0 Å². The molecule has 0 aromatic carbocycles. The number of hydrogen-bond donors (Lipinski definition) is 1. The zero-order chi connectivity index (χ0) is 11.7. The summed E-state index contributed by atoms with van der Waals surface area (Å²) in [6.07, 6.45) is 4.19. The first-order valence-corrected chi connectivity index (χ1v) is 5.81. The predicted molar refractivity (Wildman–Crippen MR) is 62.8 cm³/mol. The average molecular weight is 215 g/mol. The van der Waals surface area contributed by atoms with Gasteiger partial charge in [-0.25, -0.2) is 0 Å². The Kier molecular flexibility index (Phi) is 7.39. The monoisotopic (exact) mass is 215 g/mol. The fourth-order valence-electron chi connectivity index (χ4n) is 1.42. The third-order valence-electron chi connectivity index (χ3n) is 2.38. The standard InChI is InChI=1S/C7H15N.C5H10O2/c1-2-7-4-3-5-8-6-7;1-5(2,3)7-4-6/h7-8H,2-6H2,1H3;4H,1-3H3. The molecule has 0 saturated carbocycles. The van der Waals surface area contributed by atoms with E-state index in [1.54, 1.807) is 0 Å². The highest BCUT2D eigenvalue weighted by Gasteiger charge is 2.09. The lowest BCUT2D eigenvalue weighted by atomic mass is 9.97. The molecule has 3 heteroatoms. The zero-order valence-electron chi connectivity index (χ0n) is 10.5. The molecule has 1 unspecified atom stereocenters. The lowest BCUT2D eigenvalue weighted by Crippen LogP contribution is -2.29. The molecule has 0 radical (unpaired) electrons. The third kappa shape index (κ3) is 9.73. The highest BCUT2D eigenvalue weighted by Crippen LogP contribution is 2.12. The molecule has 0 spiro atoms. The average Bonchev–Trinajstić information content (AvgIpc) is 2.18. The molecule has 1 saturated heterocycles. The summed E-state index contributed by atoms with van der Waals surface area (Å²) in [7, 11) is 0. The van der Waals surface area contributed by atoms with Crippen molar-refractivity contribution in [1.82, 2.24) is 5.32 Å². The summed E-state index contributed by atoms with van der Waals surface area (Å²) in [5.74, 6) is 0.976. The van der Waals surface area contributed by atoms with Gasteiger partial charge >= 0.3 is 0 Å². The van der Waals surface area contributed by atoms with Gasteiger partial charge in [0.1, 0.15) is 5.60 Å². The van der Waals surface area contributed by atoms with Crippen LogP contribution in [-0.2, 0) is 9.53 Å². The van der Waals surface area contributed by atoms with Gasteiger partial charge in [0.15, 0.2) is 0 Å². The van der Waals surface area contributed by atoms with E-state index >= 15 is 0 Å². The zero-order valence-corrected chi connectivity index (χ0v) is 10.5. The Hall–Kier alpha value is -0.570. The van der Waals surface area contributed by atoms with Crippen LogP contribution in [0, 0.1) is 5.92 Å². The van der Waals surface area contributed by atoms with Crippen molar-refractivity contribution in [2.45, 2.75) is 52.6 Å². The summed E-state index contributed by atoms with van der Waals surface area (Å²) in [4.78, 5) is 9.60. The van der Waals surface area contributed by atoms with Gasteiger partial charge in [-0.3, -0.25) is 4.79 Å². The number of piperidine rings is 1. The van der Waals surface area contributed by atoms with Gasteiger partial charge < -0.3 is 10.1 Å². The number of hydrogen-bond acceptors (Lipinski definition) is 3. The van der Waals surface area contributed by atoms with Crippen molar-refractivity contribution in [2.75, 3.05) is 13.1 Å². The minimum Gasteiger partial charge on any atom is -0.462 e. The van der Waals surface area contributed by atoms with Gasteiger partial charge in [-0.15, -0.1) is 0 Å². The number of nitrogens with one attached hydrogen (secondary N) is 1. The van der Waals surface area contributed by atoms with E-state index in [-0.39, 0.29) is 5.60 Å². The predicted octanol–water partition coefficient (Wildman–Crippen LogP) is 2.35. The Morgan fingerprint density at radius 1 is 1.47 bits per heavy atom. The van der Waals surface area contributed by atoms with E-state index in [2.05, 4.69) is 17.0 Å². The van der Waals surface area contributed by atoms with Crippen molar-refractivity contribution in [3.05, 3.63) is 0 Å². The minimum atomic E-state index is -0.318. The second-order valence-electron chi connectivity index (χ2n) is 4.95. The molecular formula is C12H25NO2. The van der Waals surface area contributed by atoms with Gasteiger partial charge in [0, 0.05) is 0 Å². The summed E-state index contributed by atoms with van der Waals surface area (Å²) in [5, 5.41) is 3.39. The number of rotatable bonds is 2. The molecule has 1 fully saturated rings. The van der Waals surface area contributed by atoms with Gasteiger partial charge in [-0.05, 0) is 52.6 Å². The molecule has 90 valence electrons. The molecule has 1 heterocycles. The highest BCUT2D eigenvalue weighted by molar-refractivity contribution is 5.37. The van der Waals surface area contributed by atoms with E-state index in [1.807, 2.05) is 20.8 Å². The Morgan fingerprint density at radius 2 is 2.13 bits per heavy atom. The summed E-state index contributed by atoms with van der Waals surface area (Å²) in [6.45, 7) is 10.7. The van der Waals surface area contributed by atoms with Crippen molar-refractivity contribution in [2.24, 2.45) is 5.92 Å². The second kappa shape index (κ2) is 7.69. The topological polar surface area (TPSA) is 38.3 Å². The van der Waals surface area contributed by atoms with Crippen LogP contribution in [0.25, 0.3) is 0 Å². The second-order valence-corrected chi connectivity index (χ2v) is 4.95. The molecule has 1 rings (SSSR count). The van der Waals surface area contributed by atoms with Gasteiger partial charge in [0.05, 0.1) is 0 Å². The van der Waals surface area contributed by atoms with Crippen molar-refractivity contribution in [1.29, 1.82) is 0 Å². The van der Waals surface area contributed by atoms with E-state index in [4.69, 9.17) is 0 Å². The molecule has 0 amide bonds. The van der Waals surface area contributed by atoms with E-state index in [0.29, 0.717) is 6.47 Å². The van der Waals surface area contributed by atoms with Gasteiger partial charge in [0.2, 0.25) is 0 Å². The van der Waals surface area contributed by atoms with Gasteiger partial charge in [-0.1, -0.05) is 13.3 Å². The van der Waals surface area contributed by atoms with Crippen LogP contribution in [0.5, 0.6) is 0 Å². The molecule has 0 aromatic rings. The largest absolute Gasteiger partial charge is 0.462 e. The Bertz CT molecular complexity index is 157. The Balaban J connectivity index is 0.000000265. The minimum absolute atomic E-state index is 0.318. The molecule has 0 aromatic heterocycles. The van der Waals surface area contributed by atoms with E-state index in [1.165, 1.54) is 32.4 Å². The molecule has 3 nitrogen and oxygen atoms in total. The van der Waals surface area contributed by atoms with Crippen molar-refractivity contribution < 1.29 is 9.53 Å². The van der Waals surface area contributed by atoms with E-state index in [9.17, 15) is 4.79 Å². The van der Waals surface area contributed by atoms with Crippen LogP contribution in [0.4, 0.5) is 0 Å². The summed E-state index contributed by atoms with van der Waals surface area (Å²) < 4.78 is 4.55. The van der Waals surface area contributed by atoms with Gasteiger partial charge in [-0.2, -0.15) is 0 Å². The first kappa shape index (κ1) is 14.4. The van der Waals surface area contributed by atoms with Crippen molar-refractivity contribution in [3.8, 4) is 0 Å². The maximum atomic E-state index is 9.60. The van der Waals surface area contributed by atoms with Crippen LogP contribution >= 0.6 is 0 Å². The van der Waals surface area contributed by atoms with Crippen LogP contribution in [-0.4, -0.2) is 25.2 Å². The van der Waals surface area contributed by atoms with Crippen LogP contribution in [0.15, 0.2) is 0 Å². The van der Waals surface area contributed by atoms with Crippen molar-refractivity contribution >= 4 is 6.47 Å². The fraction of sp³-hybridized carbons (Fsp3) is 0.917. The lowest BCUT2D eigenvalue weighted by Gasteiger charge is -2.20. The van der Waals surface area contributed by atoms with Crippen molar-refractivity contribution in [3.63, 3.8) is 0 Å². The van der Waals surface area contributed by atoms with Crippen LogP contribution in [0.2, 0.25) is 0 Å². The Morgan fingerprint density at radius 3 is 2.33 bits per heavy atom. The number of ether oxygens (including phenoxy) is 1. The Labute approximate surface area is 93.6 Å².